The van der Waals surface area contributed by atoms with Gasteiger partial charge in [0, 0.05) is 27.2 Å². The normalized spacial score (nSPS) is 11.2. The highest BCUT2D eigenvalue weighted by molar-refractivity contribution is 7.19. The largest absolute Gasteiger partial charge is 0.435 e. The second-order valence-corrected chi connectivity index (χ2v) is 9.19. The van der Waals surface area contributed by atoms with Crippen LogP contribution in [0.4, 0.5) is 8.78 Å². The Morgan fingerprint density at radius 2 is 2.00 bits per heavy atom. The molecular weight excluding hydrogens is 456 g/mol. The van der Waals surface area contributed by atoms with E-state index in [1.165, 1.54) is 34.4 Å². The average Bonchev–Trinajstić information content (AvgIpc) is 3.37. The van der Waals surface area contributed by atoms with Crippen molar-refractivity contribution in [3.8, 4) is 16.2 Å². The molecule has 4 rings (SSSR count). The molecule has 0 spiro atoms. The van der Waals surface area contributed by atoms with Gasteiger partial charge in [0.15, 0.2) is 0 Å². The summed E-state index contributed by atoms with van der Waals surface area (Å²) in [7, 11) is 0. The Bertz CT molecular complexity index is 1300. The molecule has 6 nitrogen and oxygen atoms in total. The van der Waals surface area contributed by atoms with Crippen molar-refractivity contribution in [1.82, 2.24) is 14.9 Å². The predicted octanol–water partition coefficient (Wildman–Crippen LogP) is 4.46. The van der Waals surface area contributed by atoms with Gasteiger partial charge in [-0.1, -0.05) is 12.1 Å². The van der Waals surface area contributed by atoms with Crippen molar-refractivity contribution in [2.75, 3.05) is 6.54 Å². The SMILES string of the molecule is Cc1ccc(-c2csc3ncn(CC(=O)NCCc4ccc(OC(F)F)cc4)c(=O)c23)s1. The number of carbonyl (C=O) groups is 1. The third-order valence-corrected chi connectivity index (χ3v) is 6.69. The molecule has 4 aromatic rings. The fourth-order valence-corrected chi connectivity index (χ4v) is 5.10. The van der Waals surface area contributed by atoms with Crippen molar-refractivity contribution in [2.24, 2.45) is 0 Å². The van der Waals surface area contributed by atoms with Gasteiger partial charge in [0.2, 0.25) is 5.91 Å². The summed E-state index contributed by atoms with van der Waals surface area (Å²) in [6, 6.07) is 10.2. The first-order valence-electron chi connectivity index (χ1n) is 9.74. The molecule has 0 saturated heterocycles. The molecule has 0 atom stereocenters. The topological polar surface area (TPSA) is 73.2 Å². The van der Waals surface area contributed by atoms with Crippen molar-refractivity contribution < 1.29 is 18.3 Å². The van der Waals surface area contributed by atoms with Crippen molar-refractivity contribution in [3.05, 3.63) is 68.9 Å². The van der Waals surface area contributed by atoms with E-state index in [-0.39, 0.29) is 23.8 Å². The Balaban J connectivity index is 1.39. The molecule has 0 fully saturated rings. The van der Waals surface area contributed by atoms with Crippen LogP contribution in [0.2, 0.25) is 0 Å². The zero-order chi connectivity index (χ0) is 22.7. The number of thiophene rings is 2. The van der Waals surface area contributed by atoms with E-state index >= 15 is 0 Å². The van der Waals surface area contributed by atoms with Crippen LogP contribution in [0.15, 0.2) is 52.9 Å². The molecule has 0 bridgehead atoms. The van der Waals surface area contributed by atoms with Crippen molar-refractivity contribution in [1.29, 1.82) is 0 Å². The maximum Gasteiger partial charge on any atom is 0.387 e. The van der Waals surface area contributed by atoms with Gasteiger partial charge in [-0.3, -0.25) is 14.2 Å². The van der Waals surface area contributed by atoms with Crippen LogP contribution in [0, 0.1) is 6.92 Å². The Morgan fingerprint density at radius 1 is 1.22 bits per heavy atom. The van der Waals surface area contributed by atoms with Gasteiger partial charge in [-0.25, -0.2) is 4.98 Å². The van der Waals surface area contributed by atoms with E-state index < -0.39 is 6.61 Å². The lowest BCUT2D eigenvalue weighted by Gasteiger charge is -2.08. The van der Waals surface area contributed by atoms with Gasteiger partial charge in [0.25, 0.3) is 5.56 Å². The lowest BCUT2D eigenvalue weighted by Crippen LogP contribution is -2.33. The number of hydrogen-bond acceptors (Lipinski definition) is 6. The Kier molecular flexibility index (Phi) is 6.61. The number of alkyl halides is 2. The highest BCUT2D eigenvalue weighted by Crippen LogP contribution is 2.34. The molecule has 0 unspecified atom stereocenters. The number of halogens is 2. The van der Waals surface area contributed by atoms with Gasteiger partial charge >= 0.3 is 6.61 Å². The summed E-state index contributed by atoms with van der Waals surface area (Å²) in [5.74, 6) is -0.227. The van der Waals surface area contributed by atoms with E-state index in [1.54, 1.807) is 23.5 Å². The molecule has 0 aliphatic carbocycles. The van der Waals surface area contributed by atoms with Gasteiger partial charge in [0.1, 0.15) is 17.1 Å². The number of ether oxygens (including phenoxy) is 1. The number of nitrogens with zero attached hydrogens (tertiary/aromatic N) is 2. The van der Waals surface area contributed by atoms with E-state index in [1.807, 2.05) is 24.4 Å². The third kappa shape index (κ3) is 5.03. The Morgan fingerprint density at radius 3 is 2.69 bits per heavy atom. The fraction of sp³-hybridized carbons (Fsp3) is 0.227. The zero-order valence-corrected chi connectivity index (χ0v) is 18.6. The molecule has 32 heavy (non-hydrogen) atoms. The molecule has 1 amide bonds. The maximum atomic E-state index is 13.0. The second-order valence-electron chi connectivity index (χ2n) is 7.04. The van der Waals surface area contributed by atoms with E-state index in [4.69, 9.17) is 0 Å². The van der Waals surface area contributed by atoms with E-state index in [2.05, 4.69) is 15.0 Å². The van der Waals surface area contributed by atoms with Gasteiger partial charge in [-0.05, 0) is 43.2 Å². The Labute approximate surface area is 190 Å². The monoisotopic (exact) mass is 475 g/mol. The molecule has 1 aromatic carbocycles. The van der Waals surface area contributed by atoms with E-state index in [0.29, 0.717) is 23.2 Å². The fourth-order valence-electron chi connectivity index (χ4n) is 3.24. The molecule has 3 heterocycles. The average molecular weight is 476 g/mol. The van der Waals surface area contributed by atoms with Crippen LogP contribution in [0.3, 0.4) is 0 Å². The number of aromatic nitrogens is 2. The van der Waals surface area contributed by atoms with Crippen LogP contribution in [0.1, 0.15) is 10.4 Å². The number of rotatable bonds is 8. The summed E-state index contributed by atoms with van der Waals surface area (Å²) in [6.07, 6.45) is 1.91. The molecule has 0 radical (unpaired) electrons. The second kappa shape index (κ2) is 9.58. The first kappa shape index (κ1) is 22.1. The predicted molar refractivity (Wildman–Crippen MR) is 122 cm³/mol. The zero-order valence-electron chi connectivity index (χ0n) is 17.0. The van der Waals surface area contributed by atoms with Crippen LogP contribution >= 0.6 is 22.7 Å². The highest BCUT2D eigenvalue weighted by Gasteiger charge is 2.15. The first-order chi connectivity index (χ1) is 15.4. The van der Waals surface area contributed by atoms with Crippen molar-refractivity contribution in [2.45, 2.75) is 26.5 Å². The summed E-state index contributed by atoms with van der Waals surface area (Å²) in [5, 5.41) is 5.22. The highest BCUT2D eigenvalue weighted by atomic mass is 32.1. The number of hydrogen-bond donors (Lipinski definition) is 1. The number of benzene rings is 1. The third-order valence-electron chi connectivity index (χ3n) is 4.76. The van der Waals surface area contributed by atoms with Gasteiger partial charge in [-0.2, -0.15) is 8.78 Å². The van der Waals surface area contributed by atoms with E-state index in [9.17, 15) is 18.4 Å². The van der Waals surface area contributed by atoms with Gasteiger partial charge < -0.3 is 10.1 Å². The summed E-state index contributed by atoms with van der Waals surface area (Å²) in [4.78, 5) is 32.5. The molecule has 0 saturated carbocycles. The minimum atomic E-state index is -2.86. The number of fused-ring (bicyclic) bond motifs is 1. The van der Waals surface area contributed by atoms with Crippen LogP contribution in [-0.4, -0.2) is 28.6 Å². The molecule has 0 aliphatic rings. The molecule has 0 aliphatic heterocycles. The molecule has 3 aromatic heterocycles. The van der Waals surface area contributed by atoms with Gasteiger partial charge in [0.05, 0.1) is 11.7 Å². The summed E-state index contributed by atoms with van der Waals surface area (Å²) < 4.78 is 30.0. The summed E-state index contributed by atoms with van der Waals surface area (Å²) >= 11 is 3.01. The van der Waals surface area contributed by atoms with Crippen molar-refractivity contribution >= 4 is 38.8 Å². The van der Waals surface area contributed by atoms with E-state index in [0.717, 1.165) is 20.9 Å². The lowest BCUT2D eigenvalue weighted by molar-refractivity contribution is -0.121. The molecule has 1 N–H and O–H groups in total. The number of nitrogens with one attached hydrogen (secondary N) is 1. The number of aryl methyl sites for hydroxylation is 1. The summed E-state index contributed by atoms with van der Waals surface area (Å²) in [5.41, 5.74) is 1.46. The van der Waals surface area contributed by atoms with Crippen molar-refractivity contribution in [3.63, 3.8) is 0 Å². The number of carbonyl (C=O) groups excluding carboxylic acids is 1. The van der Waals surface area contributed by atoms with Gasteiger partial charge in [-0.15, -0.1) is 22.7 Å². The van der Waals surface area contributed by atoms with Crippen LogP contribution < -0.4 is 15.6 Å². The standard InChI is InChI=1S/C22H19F2N3O3S2/c1-13-2-7-17(32-13)16-11-31-20-19(16)21(29)27(12-26-20)10-18(28)25-9-8-14-3-5-15(6-4-14)30-22(23)24/h2-7,11-12,22H,8-10H2,1H3,(H,25,28). The molecular formula is C22H19F2N3O3S2. The molecule has 166 valence electrons. The Hall–Kier alpha value is -3.11. The first-order valence-corrected chi connectivity index (χ1v) is 11.4. The lowest BCUT2D eigenvalue weighted by atomic mass is 10.1. The minimum absolute atomic E-state index is 0.0839. The molecule has 10 heteroatoms. The quantitative estimate of drug-likeness (QED) is 0.409. The smallest absolute Gasteiger partial charge is 0.387 e. The minimum Gasteiger partial charge on any atom is -0.435 e. The van der Waals surface area contributed by atoms with Crippen LogP contribution in [0.5, 0.6) is 5.75 Å². The van der Waals surface area contributed by atoms with Crippen LogP contribution in [-0.2, 0) is 17.8 Å². The maximum absolute atomic E-state index is 13.0. The van der Waals surface area contributed by atoms with Crippen LogP contribution in [0.25, 0.3) is 20.7 Å². The number of amides is 1. The summed E-state index contributed by atoms with van der Waals surface area (Å²) in [6.45, 7) is -0.648.